The van der Waals surface area contributed by atoms with Crippen molar-refractivity contribution in [3.63, 3.8) is 0 Å². The Labute approximate surface area is 141 Å². The van der Waals surface area contributed by atoms with Crippen molar-refractivity contribution in [2.75, 3.05) is 7.11 Å². The van der Waals surface area contributed by atoms with Crippen molar-refractivity contribution in [2.45, 2.75) is 18.5 Å². The summed E-state index contributed by atoms with van der Waals surface area (Å²) in [6.07, 6.45) is 8.34. The number of methoxy groups -OCH3 is 1. The summed E-state index contributed by atoms with van der Waals surface area (Å²) in [7, 11) is 1.71. The molecule has 0 fully saturated rings. The second-order valence-corrected chi connectivity index (χ2v) is 5.99. The number of ether oxygens (including phenoxy) is 1. The van der Waals surface area contributed by atoms with Crippen molar-refractivity contribution in [1.82, 2.24) is 15.3 Å². The predicted octanol–water partition coefficient (Wildman–Crippen LogP) is 3.46. The monoisotopic (exact) mass is 317 g/mol. The standard InChI is InChI=1S/C20H19N3O/c1-24-17-4-5-18-16(11-17)12-19(15-3-2-8-22-13-15)23-20(18)14-6-9-21-10-7-14/h2-11,13,19-20,23H,12H2,1H3/t19-,20-/m0/s1. The number of benzene rings is 1. The average Bonchev–Trinajstić information content (AvgIpc) is 2.68. The van der Waals surface area contributed by atoms with E-state index in [-0.39, 0.29) is 12.1 Å². The van der Waals surface area contributed by atoms with Crippen LogP contribution < -0.4 is 10.1 Å². The van der Waals surface area contributed by atoms with Crippen LogP contribution in [0.3, 0.4) is 0 Å². The number of hydrogen-bond donors (Lipinski definition) is 1. The Morgan fingerprint density at radius 2 is 1.88 bits per heavy atom. The van der Waals surface area contributed by atoms with Crippen LogP contribution in [0.2, 0.25) is 0 Å². The van der Waals surface area contributed by atoms with E-state index in [2.05, 4.69) is 45.6 Å². The van der Waals surface area contributed by atoms with Gasteiger partial charge in [0, 0.05) is 30.8 Å². The minimum Gasteiger partial charge on any atom is -0.497 e. The van der Waals surface area contributed by atoms with E-state index in [4.69, 9.17) is 4.74 Å². The summed E-state index contributed by atoms with van der Waals surface area (Å²) in [5.41, 5.74) is 5.01. The van der Waals surface area contributed by atoms with Gasteiger partial charge in [-0.15, -0.1) is 0 Å². The molecule has 0 amide bonds. The lowest BCUT2D eigenvalue weighted by Crippen LogP contribution is -2.34. The molecule has 3 heterocycles. The molecular weight excluding hydrogens is 298 g/mol. The van der Waals surface area contributed by atoms with Crippen LogP contribution in [0.25, 0.3) is 0 Å². The lowest BCUT2D eigenvalue weighted by molar-refractivity contribution is 0.409. The Morgan fingerprint density at radius 3 is 2.62 bits per heavy atom. The summed E-state index contributed by atoms with van der Waals surface area (Å²) in [5.74, 6) is 0.897. The highest BCUT2D eigenvalue weighted by atomic mass is 16.5. The van der Waals surface area contributed by atoms with Crippen molar-refractivity contribution in [3.8, 4) is 5.75 Å². The third-order valence-corrected chi connectivity index (χ3v) is 4.58. The summed E-state index contributed by atoms with van der Waals surface area (Å²) >= 11 is 0. The lowest BCUT2D eigenvalue weighted by Gasteiger charge is -2.34. The molecule has 1 N–H and O–H groups in total. The van der Waals surface area contributed by atoms with Crippen molar-refractivity contribution in [2.24, 2.45) is 0 Å². The van der Waals surface area contributed by atoms with E-state index < -0.39 is 0 Å². The molecule has 4 heteroatoms. The van der Waals surface area contributed by atoms with E-state index >= 15 is 0 Å². The number of fused-ring (bicyclic) bond motifs is 1. The molecule has 1 aliphatic rings. The molecule has 2 atom stereocenters. The molecule has 0 saturated carbocycles. The van der Waals surface area contributed by atoms with Gasteiger partial charge in [0.2, 0.25) is 0 Å². The molecule has 0 spiro atoms. The van der Waals surface area contributed by atoms with Crippen molar-refractivity contribution in [1.29, 1.82) is 0 Å². The van der Waals surface area contributed by atoms with E-state index in [0.29, 0.717) is 0 Å². The zero-order valence-corrected chi connectivity index (χ0v) is 13.5. The van der Waals surface area contributed by atoms with Gasteiger partial charge in [0.1, 0.15) is 5.75 Å². The first kappa shape index (κ1) is 14.8. The zero-order valence-electron chi connectivity index (χ0n) is 13.5. The molecule has 0 unspecified atom stereocenters. The molecule has 4 rings (SSSR count). The largest absolute Gasteiger partial charge is 0.497 e. The number of nitrogens with one attached hydrogen (secondary N) is 1. The highest BCUT2D eigenvalue weighted by Crippen LogP contribution is 2.36. The Balaban J connectivity index is 1.79. The van der Waals surface area contributed by atoms with Gasteiger partial charge in [-0.05, 0) is 59.0 Å². The molecular formula is C20H19N3O. The smallest absolute Gasteiger partial charge is 0.119 e. The minimum atomic E-state index is 0.132. The second kappa shape index (κ2) is 6.42. The summed E-state index contributed by atoms with van der Waals surface area (Å²) < 4.78 is 5.42. The zero-order chi connectivity index (χ0) is 16.4. The third kappa shape index (κ3) is 2.76. The van der Waals surface area contributed by atoms with Gasteiger partial charge in [0.25, 0.3) is 0 Å². The van der Waals surface area contributed by atoms with E-state index in [1.165, 1.54) is 22.3 Å². The second-order valence-electron chi connectivity index (χ2n) is 5.99. The van der Waals surface area contributed by atoms with Crippen molar-refractivity contribution in [3.05, 3.63) is 89.5 Å². The maximum absolute atomic E-state index is 5.42. The Kier molecular flexibility index (Phi) is 3.97. The topological polar surface area (TPSA) is 47.0 Å². The first-order chi connectivity index (χ1) is 11.8. The van der Waals surface area contributed by atoms with Gasteiger partial charge in [-0.3, -0.25) is 15.3 Å². The van der Waals surface area contributed by atoms with Crippen molar-refractivity contribution >= 4 is 0 Å². The molecule has 4 nitrogen and oxygen atoms in total. The molecule has 120 valence electrons. The van der Waals surface area contributed by atoms with Gasteiger partial charge < -0.3 is 4.74 Å². The maximum Gasteiger partial charge on any atom is 0.119 e. The summed E-state index contributed by atoms with van der Waals surface area (Å²) in [4.78, 5) is 8.42. The first-order valence-corrected chi connectivity index (χ1v) is 8.08. The fourth-order valence-electron chi connectivity index (χ4n) is 3.37. The third-order valence-electron chi connectivity index (χ3n) is 4.58. The van der Waals surface area contributed by atoms with Crippen LogP contribution in [-0.4, -0.2) is 17.1 Å². The van der Waals surface area contributed by atoms with Crippen LogP contribution >= 0.6 is 0 Å². The molecule has 0 bridgehead atoms. The van der Waals surface area contributed by atoms with Crippen LogP contribution in [-0.2, 0) is 6.42 Å². The number of pyridine rings is 2. The van der Waals surface area contributed by atoms with E-state index in [1.807, 2.05) is 36.9 Å². The number of rotatable bonds is 3. The quantitative estimate of drug-likeness (QED) is 0.803. The van der Waals surface area contributed by atoms with Crippen LogP contribution in [0.1, 0.15) is 34.3 Å². The highest BCUT2D eigenvalue weighted by molar-refractivity contribution is 5.44. The molecule has 0 saturated heterocycles. The number of aromatic nitrogens is 2. The molecule has 0 aliphatic carbocycles. The van der Waals surface area contributed by atoms with Gasteiger partial charge >= 0.3 is 0 Å². The van der Waals surface area contributed by atoms with Gasteiger partial charge in [0.15, 0.2) is 0 Å². The van der Waals surface area contributed by atoms with Gasteiger partial charge in [-0.25, -0.2) is 0 Å². The predicted molar refractivity (Wildman–Crippen MR) is 92.9 cm³/mol. The molecule has 3 aromatic rings. The summed E-state index contributed by atoms with van der Waals surface area (Å²) in [5, 5.41) is 3.77. The first-order valence-electron chi connectivity index (χ1n) is 8.08. The van der Waals surface area contributed by atoms with E-state index in [0.717, 1.165) is 12.2 Å². The van der Waals surface area contributed by atoms with Crippen LogP contribution in [0.4, 0.5) is 0 Å². The fourth-order valence-corrected chi connectivity index (χ4v) is 3.37. The normalized spacial score (nSPS) is 19.5. The van der Waals surface area contributed by atoms with Crippen LogP contribution in [0.15, 0.2) is 67.3 Å². The molecule has 1 aliphatic heterocycles. The highest BCUT2D eigenvalue weighted by Gasteiger charge is 2.28. The Hall–Kier alpha value is -2.72. The van der Waals surface area contributed by atoms with E-state index in [1.54, 1.807) is 7.11 Å². The average molecular weight is 317 g/mol. The summed E-state index contributed by atoms with van der Waals surface area (Å²) in [6.45, 7) is 0. The van der Waals surface area contributed by atoms with Crippen LogP contribution in [0, 0.1) is 0 Å². The fraction of sp³-hybridized carbons (Fsp3) is 0.200. The van der Waals surface area contributed by atoms with Gasteiger partial charge in [0.05, 0.1) is 13.2 Å². The van der Waals surface area contributed by atoms with E-state index in [9.17, 15) is 0 Å². The Bertz CT molecular complexity index is 821. The SMILES string of the molecule is COc1ccc2c(c1)C[C@@H](c1cccnc1)N[C@H]2c1ccncc1. The van der Waals surface area contributed by atoms with Gasteiger partial charge in [-0.2, -0.15) is 0 Å². The minimum absolute atomic E-state index is 0.132. The molecule has 2 aromatic heterocycles. The molecule has 1 aromatic carbocycles. The molecule has 24 heavy (non-hydrogen) atoms. The maximum atomic E-state index is 5.42. The van der Waals surface area contributed by atoms with Crippen LogP contribution in [0.5, 0.6) is 5.75 Å². The summed E-state index contributed by atoms with van der Waals surface area (Å²) in [6, 6.07) is 14.9. The number of nitrogens with zero attached hydrogens (tertiary/aromatic N) is 2. The lowest BCUT2D eigenvalue weighted by atomic mass is 9.85. The number of hydrogen-bond acceptors (Lipinski definition) is 4. The molecule has 0 radical (unpaired) electrons. The Morgan fingerprint density at radius 1 is 1.00 bits per heavy atom. The van der Waals surface area contributed by atoms with Crippen molar-refractivity contribution < 1.29 is 4.74 Å². The van der Waals surface area contributed by atoms with Gasteiger partial charge in [-0.1, -0.05) is 12.1 Å².